The second-order valence-electron chi connectivity index (χ2n) is 5.13. The summed E-state index contributed by atoms with van der Waals surface area (Å²) >= 11 is 1.69. The predicted molar refractivity (Wildman–Crippen MR) is 93.5 cm³/mol. The summed E-state index contributed by atoms with van der Waals surface area (Å²) in [7, 11) is 0. The molecule has 0 radical (unpaired) electrons. The predicted octanol–water partition coefficient (Wildman–Crippen LogP) is 3.37. The highest BCUT2D eigenvalue weighted by Gasteiger charge is 2.07. The Morgan fingerprint density at radius 1 is 1.17 bits per heavy atom. The maximum absolute atomic E-state index is 8.87. The number of rotatable bonds is 6. The van der Waals surface area contributed by atoms with Crippen molar-refractivity contribution in [1.29, 1.82) is 0 Å². The van der Waals surface area contributed by atoms with Crippen molar-refractivity contribution >= 4 is 17.2 Å². The third-order valence-corrected chi connectivity index (χ3v) is 4.24. The number of hydrogen-bond donors (Lipinski definition) is 2. The Labute approximate surface area is 139 Å². The van der Waals surface area contributed by atoms with Crippen LogP contribution in [0.3, 0.4) is 0 Å². The van der Waals surface area contributed by atoms with E-state index >= 15 is 0 Å². The van der Waals surface area contributed by atoms with Gasteiger partial charge in [-0.1, -0.05) is 6.07 Å². The highest BCUT2D eigenvalue weighted by molar-refractivity contribution is 7.13. The molecule has 3 aromatic heterocycles. The summed E-state index contributed by atoms with van der Waals surface area (Å²) in [5.74, 6) is 1.47. The van der Waals surface area contributed by atoms with Gasteiger partial charge in [0.15, 0.2) is 0 Å². The molecule has 23 heavy (non-hydrogen) atoms. The lowest BCUT2D eigenvalue weighted by molar-refractivity contribution is 0.292. The normalized spacial score (nSPS) is 10.7. The number of aliphatic hydroxyl groups excluding tert-OH is 1. The molecule has 2 N–H and O–H groups in total. The van der Waals surface area contributed by atoms with E-state index in [2.05, 4.69) is 37.8 Å². The van der Waals surface area contributed by atoms with Gasteiger partial charge in [0.05, 0.1) is 5.69 Å². The summed E-state index contributed by atoms with van der Waals surface area (Å²) in [6, 6.07) is 8.13. The van der Waals surface area contributed by atoms with Crippen molar-refractivity contribution in [3.05, 3.63) is 47.9 Å². The van der Waals surface area contributed by atoms with Crippen LogP contribution >= 0.6 is 11.3 Å². The molecular formula is C17H18N4OS. The van der Waals surface area contributed by atoms with E-state index < -0.39 is 0 Å². The smallest absolute Gasteiger partial charge is 0.130 e. The molecule has 0 aliphatic carbocycles. The van der Waals surface area contributed by atoms with Crippen molar-refractivity contribution in [3.63, 3.8) is 0 Å². The molecule has 3 heterocycles. The third-order valence-electron chi connectivity index (χ3n) is 3.32. The molecule has 0 unspecified atom stereocenters. The van der Waals surface area contributed by atoms with Crippen LogP contribution in [0.4, 0.5) is 5.82 Å². The Kier molecular flexibility index (Phi) is 4.95. The fourth-order valence-electron chi connectivity index (χ4n) is 2.26. The molecule has 0 bridgehead atoms. The summed E-state index contributed by atoms with van der Waals surface area (Å²) in [6.07, 6.45) is 4.37. The molecule has 5 nitrogen and oxygen atoms in total. The first kappa shape index (κ1) is 15.6. The Morgan fingerprint density at radius 2 is 2.04 bits per heavy atom. The second kappa shape index (κ2) is 7.30. The van der Waals surface area contributed by atoms with E-state index in [1.807, 2.05) is 31.5 Å². The maximum Gasteiger partial charge on any atom is 0.130 e. The van der Waals surface area contributed by atoms with Gasteiger partial charge in [-0.2, -0.15) is 0 Å². The number of thiophene rings is 1. The lowest BCUT2D eigenvalue weighted by atomic mass is 10.1. The van der Waals surface area contributed by atoms with Crippen LogP contribution in [0, 0.1) is 6.92 Å². The van der Waals surface area contributed by atoms with Gasteiger partial charge in [-0.15, -0.1) is 11.3 Å². The van der Waals surface area contributed by atoms with Gasteiger partial charge in [-0.3, -0.25) is 4.98 Å². The van der Waals surface area contributed by atoms with E-state index in [1.54, 1.807) is 11.3 Å². The third kappa shape index (κ3) is 3.91. The molecule has 0 saturated carbocycles. The number of aromatic nitrogens is 3. The summed E-state index contributed by atoms with van der Waals surface area (Å²) in [5, 5.41) is 14.1. The zero-order valence-electron chi connectivity index (χ0n) is 12.9. The molecule has 6 heteroatoms. The fraction of sp³-hybridized carbons (Fsp3) is 0.235. The highest BCUT2D eigenvalue weighted by atomic mass is 32.1. The van der Waals surface area contributed by atoms with E-state index in [4.69, 9.17) is 5.11 Å². The molecule has 0 aliphatic rings. The molecule has 0 aromatic carbocycles. The fourth-order valence-corrected chi connectivity index (χ4v) is 2.97. The highest BCUT2D eigenvalue weighted by Crippen LogP contribution is 2.28. The van der Waals surface area contributed by atoms with Gasteiger partial charge < -0.3 is 10.4 Å². The summed E-state index contributed by atoms with van der Waals surface area (Å²) in [4.78, 5) is 14.4. The van der Waals surface area contributed by atoms with Gasteiger partial charge in [0.25, 0.3) is 0 Å². The van der Waals surface area contributed by atoms with E-state index in [9.17, 15) is 0 Å². The van der Waals surface area contributed by atoms with E-state index in [0.717, 1.165) is 22.6 Å². The van der Waals surface area contributed by atoms with E-state index in [-0.39, 0.29) is 6.61 Å². The second-order valence-corrected chi connectivity index (χ2v) is 6.08. The standard InChI is InChI=1S/C17H18N4OS/c1-12-20-15(9-17(21-12)19-5-3-6-22)13-8-14(11-18-10-13)16-4-2-7-23-16/h2,4,7-11,22H,3,5-6H2,1H3,(H,19,20,21). The molecule has 3 rings (SSSR count). The van der Waals surface area contributed by atoms with Crippen LogP contribution in [0.1, 0.15) is 12.2 Å². The Morgan fingerprint density at radius 3 is 2.83 bits per heavy atom. The molecule has 0 fully saturated rings. The van der Waals surface area contributed by atoms with Gasteiger partial charge >= 0.3 is 0 Å². The lowest BCUT2D eigenvalue weighted by Gasteiger charge is -2.09. The molecule has 0 spiro atoms. The largest absolute Gasteiger partial charge is 0.396 e. The first-order valence-corrected chi connectivity index (χ1v) is 8.34. The number of nitrogens with zero attached hydrogens (tertiary/aromatic N) is 3. The number of aliphatic hydroxyl groups is 1. The van der Waals surface area contributed by atoms with E-state index in [1.165, 1.54) is 4.88 Å². The van der Waals surface area contributed by atoms with Gasteiger partial charge in [-0.05, 0) is 30.9 Å². The van der Waals surface area contributed by atoms with Gasteiger partial charge in [0, 0.05) is 47.6 Å². The van der Waals surface area contributed by atoms with Crippen molar-refractivity contribution in [2.75, 3.05) is 18.5 Å². The topological polar surface area (TPSA) is 70.9 Å². The molecule has 118 valence electrons. The molecular weight excluding hydrogens is 308 g/mol. The monoisotopic (exact) mass is 326 g/mol. The van der Waals surface area contributed by atoms with Crippen molar-refractivity contribution in [2.45, 2.75) is 13.3 Å². The SMILES string of the molecule is Cc1nc(NCCCO)cc(-c2cncc(-c3cccs3)c2)n1. The van der Waals surface area contributed by atoms with Crippen LogP contribution in [0.2, 0.25) is 0 Å². The van der Waals surface area contributed by atoms with Gasteiger partial charge in [-0.25, -0.2) is 9.97 Å². The Bertz CT molecular complexity index is 774. The maximum atomic E-state index is 8.87. The summed E-state index contributed by atoms with van der Waals surface area (Å²) < 4.78 is 0. The molecule has 3 aromatic rings. The van der Waals surface area contributed by atoms with Gasteiger partial charge in [0.1, 0.15) is 11.6 Å². The van der Waals surface area contributed by atoms with Crippen molar-refractivity contribution in [3.8, 4) is 21.7 Å². The summed E-state index contributed by atoms with van der Waals surface area (Å²) in [5.41, 5.74) is 2.89. The lowest BCUT2D eigenvalue weighted by Crippen LogP contribution is -2.06. The van der Waals surface area contributed by atoms with Crippen LogP contribution in [-0.2, 0) is 0 Å². The molecule has 0 amide bonds. The number of nitrogens with one attached hydrogen (secondary N) is 1. The van der Waals surface area contributed by atoms with Crippen molar-refractivity contribution < 1.29 is 5.11 Å². The minimum absolute atomic E-state index is 0.163. The number of aryl methyl sites for hydroxylation is 1. The first-order chi connectivity index (χ1) is 11.3. The molecule has 0 aliphatic heterocycles. The van der Waals surface area contributed by atoms with Crippen LogP contribution in [0.25, 0.3) is 21.7 Å². The number of anilines is 1. The number of pyridine rings is 1. The first-order valence-electron chi connectivity index (χ1n) is 7.46. The van der Waals surface area contributed by atoms with Crippen LogP contribution in [-0.4, -0.2) is 33.2 Å². The van der Waals surface area contributed by atoms with Gasteiger partial charge in [0.2, 0.25) is 0 Å². The minimum Gasteiger partial charge on any atom is -0.396 e. The van der Waals surface area contributed by atoms with Crippen LogP contribution in [0.5, 0.6) is 0 Å². The quantitative estimate of drug-likeness (QED) is 0.680. The van der Waals surface area contributed by atoms with E-state index in [0.29, 0.717) is 18.8 Å². The molecule has 0 atom stereocenters. The average Bonchev–Trinajstić information content (AvgIpc) is 3.09. The van der Waals surface area contributed by atoms with Crippen molar-refractivity contribution in [1.82, 2.24) is 15.0 Å². The van der Waals surface area contributed by atoms with Crippen molar-refractivity contribution in [2.24, 2.45) is 0 Å². The van der Waals surface area contributed by atoms with Crippen LogP contribution < -0.4 is 5.32 Å². The van der Waals surface area contributed by atoms with Crippen LogP contribution in [0.15, 0.2) is 42.0 Å². The summed E-state index contributed by atoms with van der Waals surface area (Å²) in [6.45, 7) is 2.72. The number of hydrogen-bond acceptors (Lipinski definition) is 6. The Balaban J connectivity index is 1.90. The minimum atomic E-state index is 0.163. The zero-order valence-corrected chi connectivity index (χ0v) is 13.7. The Hall–Kier alpha value is -2.31. The zero-order chi connectivity index (χ0) is 16.1. The average molecular weight is 326 g/mol. The molecule has 0 saturated heterocycles.